The molecule has 0 bridgehead atoms. The minimum atomic E-state index is 0.206. The van der Waals surface area contributed by atoms with Crippen molar-refractivity contribution in [2.45, 2.75) is 0 Å². The molecule has 2 aromatic carbocycles. The highest BCUT2D eigenvalue weighted by atomic mass is 35.5. The van der Waals surface area contributed by atoms with Crippen molar-refractivity contribution in [3.63, 3.8) is 0 Å². The molecule has 124 valence electrons. The van der Waals surface area contributed by atoms with Gasteiger partial charge < -0.3 is 0 Å². The van der Waals surface area contributed by atoms with Crippen molar-refractivity contribution in [3.05, 3.63) is 67.6 Å². The number of nitrogens with zero attached hydrogens (tertiary/aromatic N) is 2. The molecule has 2 aromatic rings. The summed E-state index contributed by atoms with van der Waals surface area (Å²) in [5.41, 5.74) is 6.63. The lowest BCUT2D eigenvalue weighted by Crippen LogP contribution is -2.28. The second kappa shape index (κ2) is 9.20. The molecule has 0 aliphatic carbocycles. The zero-order valence-corrected chi connectivity index (χ0v) is 15.8. The van der Waals surface area contributed by atoms with Crippen LogP contribution in [0.3, 0.4) is 0 Å². The minimum absolute atomic E-state index is 0.206. The lowest BCUT2D eigenvalue weighted by Gasteiger charge is -2.02. The SMILES string of the molecule is S=C(N/N=C\c1ccc(Cl)cc1Cl)N/N=C/c1ccc(Cl)cc1Cl. The second-order valence-corrected chi connectivity index (χ2v) is 6.50. The zero-order chi connectivity index (χ0) is 17.5. The maximum Gasteiger partial charge on any atom is 0.207 e. The van der Waals surface area contributed by atoms with E-state index in [-0.39, 0.29) is 5.11 Å². The monoisotopic (exact) mass is 418 g/mol. The van der Waals surface area contributed by atoms with E-state index in [9.17, 15) is 0 Å². The summed E-state index contributed by atoms with van der Waals surface area (Å²) in [5.74, 6) is 0. The average Bonchev–Trinajstić information content (AvgIpc) is 2.51. The van der Waals surface area contributed by atoms with Crippen LogP contribution in [0.25, 0.3) is 0 Å². The van der Waals surface area contributed by atoms with Crippen molar-refractivity contribution in [2.75, 3.05) is 0 Å². The molecular weight excluding hydrogens is 410 g/mol. The smallest absolute Gasteiger partial charge is 0.207 e. The Balaban J connectivity index is 1.87. The Labute approximate surface area is 164 Å². The van der Waals surface area contributed by atoms with Gasteiger partial charge in [-0.1, -0.05) is 58.5 Å². The number of halogens is 4. The Kier molecular flexibility index (Phi) is 7.27. The fraction of sp³-hybridized carbons (Fsp3) is 0. The van der Waals surface area contributed by atoms with Crippen molar-refractivity contribution in [1.82, 2.24) is 10.9 Å². The number of benzene rings is 2. The molecule has 0 spiro atoms. The van der Waals surface area contributed by atoms with Gasteiger partial charge in [0.15, 0.2) is 0 Å². The molecule has 0 aromatic heterocycles. The highest BCUT2D eigenvalue weighted by Gasteiger charge is 1.99. The summed E-state index contributed by atoms with van der Waals surface area (Å²) < 4.78 is 0. The van der Waals surface area contributed by atoms with E-state index in [0.29, 0.717) is 31.2 Å². The van der Waals surface area contributed by atoms with Crippen LogP contribution in [0, 0.1) is 0 Å². The predicted octanol–water partition coefficient (Wildman–Crippen LogP) is 5.13. The highest BCUT2D eigenvalue weighted by Crippen LogP contribution is 2.20. The van der Waals surface area contributed by atoms with Gasteiger partial charge in [0.05, 0.1) is 22.5 Å². The summed E-state index contributed by atoms with van der Waals surface area (Å²) in [7, 11) is 0. The molecule has 0 amide bonds. The van der Waals surface area contributed by atoms with Crippen LogP contribution in [0.1, 0.15) is 11.1 Å². The molecule has 24 heavy (non-hydrogen) atoms. The third-order valence-corrected chi connectivity index (χ3v) is 3.97. The molecule has 0 saturated heterocycles. The van der Waals surface area contributed by atoms with Crippen LogP contribution in [-0.2, 0) is 0 Å². The Morgan fingerprint density at radius 2 is 1.21 bits per heavy atom. The summed E-state index contributed by atoms with van der Waals surface area (Å²) in [6.07, 6.45) is 3.04. The van der Waals surface area contributed by atoms with Gasteiger partial charge in [0.2, 0.25) is 5.11 Å². The summed E-state index contributed by atoms with van der Waals surface area (Å²) in [4.78, 5) is 0. The third kappa shape index (κ3) is 5.92. The van der Waals surface area contributed by atoms with Gasteiger partial charge in [-0.25, -0.2) is 0 Å². The van der Waals surface area contributed by atoms with Crippen LogP contribution in [0.15, 0.2) is 46.6 Å². The predicted molar refractivity (Wildman–Crippen MR) is 107 cm³/mol. The first-order valence-electron chi connectivity index (χ1n) is 6.48. The molecule has 2 rings (SSSR count). The van der Waals surface area contributed by atoms with E-state index in [4.69, 9.17) is 58.6 Å². The standard InChI is InChI=1S/C15H10Cl4N4S/c16-11-3-1-9(13(18)5-11)7-20-22-15(24)23-21-8-10-2-4-12(17)6-14(10)19/h1-8H,(H2,22,23,24)/b20-7-,21-8+. The lowest BCUT2D eigenvalue weighted by atomic mass is 10.2. The summed E-state index contributed by atoms with van der Waals surface area (Å²) in [6.45, 7) is 0. The van der Waals surface area contributed by atoms with Gasteiger partial charge in [-0.2, -0.15) is 10.2 Å². The quantitative estimate of drug-likeness (QED) is 0.410. The van der Waals surface area contributed by atoms with E-state index in [1.807, 2.05) is 0 Å². The van der Waals surface area contributed by atoms with E-state index >= 15 is 0 Å². The molecular formula is C15H10Cl4N4S. The molecule has 0 atom stereocenters. The highest BCUT2D eigenvalue weighted by molar-refractivity contribution is 7.80. The van der Waals surface area contributed by atoms with Gasteiger partial charge in [-0.15, -0.1) is 0 Å². The topological polar surface area (TPSA) is 48.8 Å². The number of hydrogen-bond acceptors (Lipinski definition) is 3. The number of hydrogen-bond donors (Lipinski definition) is 2. The number of nitrogens with one attached hydrogen (secondary N) is 2. The fourth-order valence-electron chi connectivity index (χ4n) is 1.56. The minimum Gasteiger partial charge on any atom is -0.252 e. The van der Waals surface area contributed by atoms with Crippen LogP contribution in [-0.4, -0.2) is 17.5 Å². The van der Waals surface area contributed by atoms with Crippen molar-refractivity contribution >= 4 is 76.2 Å². The maximum atomic E-state index is 6.02. The van der Waals surface area contributed by atoms with Crippen molar-refractivity contribution in [2.24, 2.45) is 10.2 Å². The van der Waals surface area contributed by atoms with Gasteiger partial charge in [-0.3, -0.25) is 10.9 Å². The van der Waals surface area contributed by atoms with Crippen LogP contribution in [0.5, 0.6) is 0 Å². The van der Waals surface area contributed by atoms with Crippen LogP contribution >= 0.6 is 58.6 Å². The van der Waals surface area contributed by atoms with Crippen LogP contribution < -0.4 is 10.9 Å². The van der Waals surface area contributed by atoms with Gasteiger partial charge in [0.25, 0.3) is 0 Å². The molecule has 0 heterocycles. The van der Waals surface area contributed by atoms with E-state index in [0.717, 1.165) is 0 Å². The molecule has 0 saturated carbocycles. The van der Waals surface area contributed by atoms with E-state index in [2.05, 4.69) is 21.1 Å². The van der Waals surface area contributed by atoms with E-state index in [1.165, 1.54) is 12.4 Å². The Morgan fingerprint density at radius 1 is 0.792 bits per heavy atom. The van der Waals surface area contributed by atoms with Gasteiger partial charge in [0, 0.05) is 21.2 Å². The Morgan fingerprint density at radius 3 is 1.58 bits per heavy atom. The zero-order valence-electron chi connectivity index (χ0n) is 11.9. The fourth-order valence-corrected chi connectivity index (χ4v) is 2.58. The Hall–Kier alpha value is -1.37. The summed E-state index contributed by atoms with van der Waals surface area (Å²) in [5, 5.41) is 10.2. The molecule has 0 radical (unpaired) electrons. The molecule has 2 N–H and O–H groups in total. The summed E-state index contributed by atoms with van der Waals surface area (Å²) >= 11 is 28.7. The maximum absolute atomic E-state index is 6.02. The summed E-state index contributed by atoms with van der Waals surface area (Å²) in [6, 6.07) is 10.2. The number of rotatable bonds is 4. The molecule has 4 nitrogen and oxygen atoms in total. The largest absolute Gasteiger partial charge is 0.252 e. The lowest BCUT2D eigenvalue weighted by molar-refractivity contribution is 0.935. The second-order valence-electron chi connectivity index (χ2n) is 4.40. The van der Waals surface area contributed by atoms with Crippen molar-refractivity contribution < 1.29 is 0 Å². The molecule has 9 heteroatoms. The van der Waals surface area contributed by atoms with Crippen LogP contribution in [0.2, 0.25) is 20.1 Å². The molecule has 0 aliphatic heterocycles. The third-order valence-electron chi connectivity index (χ3n) is 2.66. The number of hydrazone groups is 2. The first kappa shape index (κ1) is 19.0. The first-order valence-corrected chi connectivity index (χ1v) is 8.40. The van der Waals surface area contributed by atoms with Gasteiger partial charge in [0.1, 0.15) is 0 Å². The van der Waals surface area contributed by atoms with E-state index < -0.39 is 0 Å². The Bertz CT molecular complexity index is 743. The number of thiocarbonyl (C=S) groups is 1. The van der Waals surface area contributed by atoms with Gasteiger partial charge >= 0.3 is 0 Å². The first-order chi connectivity index (χ1) is 11.5. The molecule has 0 fully saturated rings. The van der Waals surface area contributed by atoms with Crippen molar-refractivity contribution in [3.8, 4) is 0 Å². The van der Waals surface area contributed by atoms with E-state index in [1.54, 1.807) is 36.4 Å². The normalized spacial score (nSPS) is 11.2. The average molecular weight is 420 g/mol. The van der Waals surface area contributed by atoms with Gasteiger partial charge in [-0.05, 0) is 36.5 Å². The molecule has 0 aliphatic rings. The van der Waals surface area contributed by atoms with Crippen LogP contribution in [0.4, 0.5) is 0 Å². The molecule has 0 unspecified atom stereocenters. The van der Waals surface area contributed by atoms with Crippen molar-refractivity contribution in [1.29, 1.82) is 0 Å².